The van der Waals surface area contributed by atoms with Crippen molar-refractivity contribution in [3.63, 3.8) is 0 Å². The second-order valence-electron chi connectivity index (χ2n) is 6.64. The average molecular weight is 356 g/mol. The van der Waals surface area contributed by atoms with Crippen LogP contribution in [0.1, 0.15) is 34.0 Å². The first kappa shape index (κ1) is 15.0. The van der Waals surface area contributed by atoms with Crippen LogP contribution in [0.2, 0.25) is 9.26 Å². The van der Waals surface area contributed by atoms with Crippen molar-refractivity contribution in [2.24, 2.45) is 0 Å². The molecule has 2 aliphatic carbocycles. The third kappa shape index (κ3) is 2.73. The predicted molar refractivity (Wildman–Crippen MR) is 90.2 cm³/mol. The van der Waals surface area contributed by atoms with Crippen molar-refractivity contribution in [1.82, 2.24) is 0 Å². The molecule has 0 N–H and O–H groups in total. The fourth-order valence-electron chi connectivity index (χ4n) is 3.78. The van der Waals surface area contributed by atoms with Gasteiger partial charge in [-0.2, -0.15) is 0 Å². The van der Waals surface area contributed by atoms with E-state index >= 15 is 0 Å². The molecule has 1 atom stereocenters. The predicted octanol–water partition coefficient (Wildman–Crippen LogP) is 6.18. The molecular formula is C20H24Zr. The number of hydrogen-bond acceptors (Lipinski definition) is 0. The summed E-state index contributed by atoms with van der Waals surface area (Å²) in [5, 5.41) is 0. The van der Waals surface area contributed by atoms with E-state index in [0.29, 0.717) is 3.63 Å². The summed E-state index contributed by atoms with van der Waals surface area (Å²) in [5.41, 5.74) is 4.69. The Balaban J connectivity index is 1.96. The molecule has 0 aromatic heterocycles. The van der Waals surface area contributed by atoms with E-state index in [1.165, 1.54) is 18.4 Å². The molecule has 0 spiro atoms. The Kier molecular flexibility index (Phi) is 4.32. The first-order valence-electron chi connectivity index (χ1n) is 7.91. The normalized spacial score (nSPS) is 20.2. The first-order chi connectivity index (χ1) is 10.1. The fraction of sp³-hybridized carbons (Fsp3) is 0.300. The molecule has 0 saturated heterocycles. The van der Waals surface area contributed by atoms with Gasteiger partial charge in [0.05, 0.1) is 0 Å². The summed E-state index contributed by atoms with van der Waals surface area (Å²) < 4.78 is 7.64. The van der Waals surface area contributed by atoms with Gasteiger partial charge in [0.1, 0.15) is 0 Å². The van der Waals surface area contributed by atoms with Gasteiger partial charge < -0.3 is 0 Å². The number of rotatable bonds is 5. The van der Waals surface area contributed by atoms with E-state index in [0.717, 1.165) is 6.42 Å². The zero-order valence-corrected chi connectivity index (χ0v) is 15.6. The van der Waals surface area contributed by atoms with Gasteiger partial charge >= 0.3 is 134 Å². The molecule has 1 aromatic rings. The Morgan fingerprint density at radius 2 is 2.05 bits per heavy atom. The van der Waals surface area contributed by atoms with Gasteiger partial charge in [-0.15, -0.1) is 0 Å². The van der Waals surface area contributed by atoms with E-state index in [1.807, 2.05) is 0 Å². The van der Waals surface area contributed by atoms with Crippen molar-refractivity contribution >= 4 is 6.08 Å². The fourth-order valence-corrected chi connectivity index (χ4v) is 12.7. The topological polar surface area (TPSA) is 0 Å². The van der Waals surface area contributed by atoms with Gasteiger partial charge in [0.2, 0.25) is 0 Å². The third-order valence-corrected chi connectivity index (χ3v) is 14.7. The molecule has 0 radical (unpaired) electrons. The Morgan fingerprint density at radius 3 is 2.86 bits per heavy atom. The van der Waals surface area contributed by atoms with Crippen LogP contribution in [0.5, 0.6) is 0 Å². The van der Waals surface area contributed by atoms with Crippen molar-refractivity contribution < 1.29 is 20.3 Å². The molecule has 0 heterocycles. The van der Waals surface area contributed by atoms with Crippen LogP contribution in [0.25, 0.3) is 6.08 Å². The van der Waals surface area contributed by atoms with E-state index in [9.17, 15) is 0 Å². The second kappa shape index (κ2) is 6.05. The number of benzene rings is 1. The van der Waals surface area contributed by atoms with Crippen LogP contribution in [0, 0.1) is 0 Å². The molecule has 0 amide bonds. The van der Waals surface area contributed by atoms with Gasteiger partial charge in [0, 0.05) is 0 Å². The van der Waals surface area contributed by atoms with E-state index in [2.05, 4.69) is 70.5 Å². The molecule has 21 heavy (non-hydrogen) atoms. The molecule has 1 unspecified atom stereocenters. The van der Waals surface area contributed by atoms with Gasteiger partial charge in [-0.05, 0) is 0 Å². The van der Waals surface area contributed by atoms with Crippen molar-refractivity contribution in [3.8, 4) is 0 Å². The summed E-state index contributed by atoms with van der Waals surface area (Å²) >= 11 is -2.39. The standard InChI is InChI=1S/C9H7.C9H11.2CH3.Zr/c1-2-5-9-7-3-6-8(9)4-1;1-2-3-6-9-7-4-5-8-9;;;/h1-7H;2,4-5H,1,3,6-7H2;2*1H3;. The number of fused-ring (bicyclic) bond motifs is 1. The zero-order chi connectivity index (χ0) is 14.9. The molecule has 2 aliphatic rings. The third-order valence-electron chi connectivity index (χ3n) is 4.95. The van der Waals surface area contributed by atoms with Crippen LogP contribution >= 0.6 is 0 Å². The molecule has 1 aromatic carbocycles. The molecule has 108 valence electrons. The molecule has 3 rings (SSSR count). The monoisotopic (exact) mass is 354 g/mol. The van der Waals surface area contributed by atoms with Crippen LogP contribution in [0.15, 0.2) is 64.0 Å². The van der Waals surface area contributed by atoms with Crippen LogP contribution in [0.3, 0.4) is 0 Å². The molecular weight excluding hydrogens is 331 g/mol. The first-order valence-corrected chi connectivity index (χ1v) is 15.5. The maximum absolute atomic E-state index is 3.88. The van der Waals surface area contributed by atoms with Crippen LogP contribution < -0.4 is 0 Å². The zero-order valence-electron chi connectivity index (χ0n) is 13.1. The van der Waals surface area contributed by atoms with Gasteiger partial charge in [-0.1, -0.05) is 0 Å². The van der Waals surface area contributed by atoms with Gasteiger partial charge in [0.15, 0.2) is 0 Å². The Bertz CT molecular complexity index is 644. The average Bonchev–Trinajstić information content (AvgIpc) is 3.12. The molecule has 0 fully saturated rings. The summed E-state index contributed by atoms with van der Waals surface area (Å²) in [5.74, 6) is 0. The number of hydrogen-bond donors (Lipinski definition) is 0. The molecule has 0 bridgehead atoms. The van der Waals surface area contributed by atoms with Crippen molar-refractivity contribution in [1.29, 1.82) is 0 Å². The molecule has 0 aliphatic heterocycles. The van der Waals surface area contributed by atoms with E-state index in [-0.39, 0.29) is 0 Å². The Labute approximate surface area is 133 Å². The van der Waals surface area contributed by atoms with E-state index < -0.39 is 20.3 Å². The van der Waals surface area contributed by atoms with Gasteiger partial charge in [-0.25, -0.2) is 0 Å². The molecule has 0 nitrogen and oxygen atoms in total. The summed E-state index contributed by atoms with van der Waals surface area (Å²) in [4.78, 5) is 0. The summed E-state index contributed by atoms with van der Waals surface area (Å²) in [6.07, 6.45) is 15.2. The summed E-state index contributed by atoms with van der Waals surface area (Å²) in [6.45, 7) is 3.88. The van der Waals surface area contributed by atoms with Gasteiger partial charge in [-0.3, -0.25) is 0 Å². The van der Waals surface area contributed by atoms with Gasteiger partial charge in [0.25, 0.3) is 0 Å². The van der Waals surface area contributed by atoms with Crippen molar-refractivity contribution in [3.05, 3.63) is 75.1 Å². The van der Waals surface area contributed by atoms with Crippen LogP contribution in [-0.2, 0) is 20.3 Å². The minimum absolute atomic E-state index is 0.687. The summed E-state index contributed by atoms with van der Waals surface area (Å²) in [7, 11) is 0. The second-order valence-corrected chi connectivity index (χ2v) is 18.0. The SMILES string of the molecule is C=CCCC1=[C]([Zr]([CH3])([CH3])[CH]2C=Cc3ccccc32)C=CC1. The van der Waals surface area contributed by atoms with Crippen LogP contribution in [-0.4, -0.2) is 0 Å². The molecule has 0 saturated carbocycles. The number of allylic oxidation sites excluding steroid dienone is 6. The maximum atomic E-state index is 3.88. The molecule has 1 heteroatoms. The van der Waals surface area contributed by atoms with E-state index in [1.54, 1.807) is 14.4 Å². The summed E-state index contributed by atoms with van der Waals surface area (Å²) in [6, 6.07) is 8.93. The van der Waals surface area contributed by atoms with E-state index in [4.69, 9.17) is 0 Å². The quantitative estimate of drug-likeness (QED) is 0.553. The van der Waals surface area contributed by atoms with Crippen molar-refractivity contribution in [2.45, 2.75) is 32.2 Å². The van der Waals surface area contributed by atoms with Crippen LogP contribution in [0.4, 0.5) is 0 Å². The minimum atomic E-state index is -2.39. The Morgan fingerprint density at radius 1 is 1.24 bits per heavy atom. The van der Waals surface area contributed by atoms with Crippen molar-refractivity contribution in [2.75, 3.05) is 0 Å². The Hall–Kier alpha value is -0.937.